The van der Waals surface area contributed by atoms with Crippen LogP contribution in [0.25, 0.3) is 0 Å². The smallest absolute Gasteiger partial charge is 0.0611 e. The van der Waals surface area contributed by atoms with Crippen LogP contribution in [0.4, 0.5) is 0 Å². The van der Waals surface area contributed by atoms with Gasteiger partial charge in [0.25, 0.3) is 0 Å². The molecule has 0 saturated heterocycles. The summed E-state index contributed by atoms with van der Waals surface area (Å²) in [6, 6.07) is 22.8. The lowest BCUT2D eigenvalue weighted by Gasteiger charge is -2.53. The Kier molecular flexibility index (Phi) is 15.3. The molecular formula is C37H61N. The van der Waals surface area contributed by atoms with Crippen molar-refractivity contribution in [1.82, 2.24) is 4.90 Å². The first-order valence-electron chi connectivity index (χ1n) is 16.2. The highest BCUT2D eigenvalue weighted by molar-refractivity contribution is 5.33. The average Bonchev–Trinajstić information content (AvgIpc) is 2.91. The van der Waals surface area contributed by atoms with Gasteiger partial charge in [-0.3, -0.25) is 4.90 Å². The van der Waals surface area contributed by atoms with Gasteiger partial charge in [-0.05, 0) is 51.7 Å². The summed E-state index contributed by atoms with van der Waals surface area (Å²) < 4.78 is 0. The fraction of sp³-hybridized carbons (Fsp3) is 0.676. The van der Waals surface area contributed by atoms with Crippen LogP contribution in [0.1, 0.15) is 161 Å². The van der Waals surface area contributed by atoms with Crippen LogP contribution in [-0.2, 0) is 0 Å². The van der Waals surface area contributed by atoms with Gasteiger partial charge in [0.15, 0.2) is 0 Å². The molecule has 0 atom stereocenters. The Morgan fingerprint density at radius 2 is 0.789 bits per heavy atom. The first kappa shape index (κ1) is 32.6. The molecule has 1 heteroatoms. The van der Waals surface area contributed by atoms with E-state index in [0.29, 0.717) is 0 Å². The van der Waals surface area contributed by atoms with Gasteiger partial charge in [-0.1, -0.05) is 164 Å². The van der Waals surface area contributed by atoms with Crippen LogP contribution < -0.4 is 0 Å². The number of rotatable bonds is 21. The molecule has 2 rings (SSSR count). The summed E-state index contributed by atoms with van der Waals surface area (Å²) in [6.45, 7) is 14.7. The zero-order chi connectivity index (χ0) is 27.7. The van der Waals surface area contributed by atoms with Crippen LogP contribution in [0.2, 0.25) is 0 Å². The largest absolute Gasteiger partial charge is 0.282 e. The number of benzene rings is 2. The molecule has 0 amide bonds. The Morgan fingerprint density at radius 3 is 1.13 bits per heavy atom. The molecule has 0 spiro atoms. The highest BCUT2D eigenvalue weighted by Gasteiger charge is 2.42. The van der Waals surface area contributed by atoms with Gasteiger partial charge in [0.05, 0.1) is 6.04 Å². The van der Waals surface area contributed by atoms with Crippen molar-refractivity contribution >= 4 is 0 Å². The first-order chi connectivity index (χ1) is 18.3. The summed E-state index contributed by atoms with van der Waals surface area (Å²) in [5, 5.41) is 0. The molecule has 0 unspecified atom stereocenters. The second kappa shape index (κ2) is 17.9. The predicted molar refractivity (Wildman–Crippen MR) is 170 cm³/mol. The van der Waals surface area contributed by atoms with Gasteiger partial charge in [0, 0.05) is 11.1 Å². The van der Waals surface area contributed by atoms with Crippen LogP contribution in [0, 0.1) is 0 Å². The molecule has 0 radical (unpaired) electrons. The molecule has 0 aliphatic carbocycles. The van der Waals surface area contributed by atoms with E-state index < -0.39 is 0 Å². The summed E-state index contributed by atoms with van der Waals surface area (Å²) >= 11 is 0. The summed E-state index contributed by atoms with van der Waals surface area (Å²) in [5.74, 6) is 0. The lowest BCUT2D eigenvalue weighted by molar-refractivity contribution is -0.0241. The Labute approximate surface area is 237 Å². The van der Waals surface area contributed by atoms with E-state index in [1.54, 1.807) is 0 Å². The van der Waals surface area contributed by atoms with Crippen LogP contribution >= 0.6 is 0 Å². The third kappa shape index (κ3) is 11.3. The van der Waals surface area contributed by atoms with Crippen molar-refractivity contribution in [2.45, 2.75) is 161 Å². The second-order valence-corrected chi connectivity index (χ2v) is 13.0. The third-order valence-corrected chi connectivity index (χ3v) is 8.58. The minimum atomic E-state index is 0.102. The zero-order valence-corrected chi connectivity index (χ0v) is 26.1. The average molecular weight is 520 g/mol. The van der Waals surface area contributed by atoms with Gasteiger partial charge in [0.2, 0.25) is 0 Å². The molecule has 0 saturated carbocycles. The van der Waals surface area contributed by atoms with Crippen molar-refractivity contribution < 1.29 is 0 Å². The number of nitrogens with zero attached hydrogens (tertiary/aromatic N) is 1. The highest BCUT2D eigenvalue weighted by Crippen LogP contribution is 2.43. The first-order valence-corrected chi connectivity index (χ1v) is 16.2. The molecular weight excluding hydrogens is 458 g/mol. The molecule has 0 aliphatic heterocycles. The minimum Gasteiger partial charge on any atom is -0.282 e. The number of hydrogen-bond donors (Lipinski definition) is 0. The van der Waals surface area contributed by atoms with Crippen molar-refractivity contribution in [3.63, 3.8) is 0 Å². The lowest BCUT2D eigenvalue weighted by Crippen LogP contribution is -2.57. The van der Waals surface area contributed by atoms with Gasteiger partial charge < -0.3 is 0 Å². The van der Waals surface area contributed by atoms with Gasteiger partial charge in [-0.25, -0.2) is 0 Å². The van der Waals surface area contributed by atoms with Gasteiger partial charge >= 0.3 is 0 Å². The van der Waals surface area contributed by atoms with E-state index in [-0.39, 0.29) is 17.1 Å². The maximum Gasteiger partial charge on any atom is 0.0611 e. The lowest BCUT2D eigenvalue weighted by atomic mass is 9.81. The molecule has 0 fully saturated rings. The van der Waals surface area contributed by atoms with Crippen molar-refractivity contribution in [1.29, 1.82) is 0 Å². The molecule has 0 aliphatic rings. The minimum absolute atomic E-state index is 0.102. The highest BCUT2D eigenvalue weighted by atomic mass is 15.3. The maximum absolute atomic E-state index is 2.92. The maximum atomic E-state index is 2.92. The molecule has 0 aromatic heterocycles. The monoisotopic (exact) mass is 519 g/mol. The van der Waals surface area contributed by atoms with E-state index >= 15 is 0 Å². The summed E-state index contributed by atoms with van der Waals surface area (Å²) in [5.41, 5.74) is 3.03. The standard InChI is InChI=1S/C37H61N/c1-7-9-11-13-15-17-25-31-36(3,4)38(37(5,6)32-26-18-16-14-12-10-8-2)35(33-27-21-19-22-28-33)34-29-23-20-24-30-34/h19-24,27-30,35H,7-18,25-26,31-32H2,1-6H3. The molecule has 0 N–H and O–H groups in total. The SMILES string of the molecule is CCCCCCCCCC(C)(C)N(C(c1ccccc1)c1ccccc1)C(C)(C)CCCCCCCCC. The molecule has 2 aromatic carbocycles. The van der Waals surface area contributed by atoms with Crippen molar-refractivity contribution in [2.24, 2.45) is 0 Å². The fourth-order valence-corrected chi connectivity index (χ4v) is 6.55. The number of hydrogen-bond acceptors (Lipinski definition) is 1. The molecule has 0 bridgehead atoms. The fourth-order valence-electron chi connectivity index (χ4n) is 6.55. The Morgan fingerprint density at radius 1 is 0.474 bits per heavy atom. The van der Waals surface area contributed by atoms with Gasteiger partial charge in [0.1, 0.15) is 0 Å². The van der Waals surface area contributed by atoms with Crippen LogP contribution in [0.15, 0.2) is 60.7 Å². The van der Waals surface area contributed by atoms with Gasteiger partial charge in [-0.15, -0.1) is 0 Å². The van der Waals surface area contributed by atoms with Gasteiger partial charge in [-0.2, -0.15) is 0 Å². The van der Waals surface area contributed by atoms with Crippen molar-refractivity contribution in [3.05, 3.63) is 71.8 Å². The molecule has 1 nitrogen and oxygen atoms in total. The summed E-state index contributed by atoms with van der Waals surface area (Å²) in [4.78, 5) is 2.92. The zero-order valence-electron chi connectivity index (χ0n) is 26.1. The van der Waals surface area contributed by atoms with Crippen molar-refractivity contribution in [2.75, 3.05) is 0 Å². The predicted octanol–water partition coefficient (Wildman–Crippen LogP) is 11.9. The number of unbranched alkanes of at least 4 members (excludes halogenated alkanes) is 12. The van der Waals surface area contributed by atoms with E-state index in [1.807, 2.05) is 0 Å². The molecule has 2 aromatic rings. The van der Waals surface area contributed by atoms with E-state index in [0.717, 1.165) is 0 Å². The quantitative estimate of drug-likeness (QED) is 0.148. The van der Waals surface area contributed by atoms with Crippen molar-refractivity contribution in [3.8, 4) is 0 Å². The normalized spacial score (nSPS) is 12.5. The molecule has 214 valence electrons. The topological polar surface area (TPSA) is 3.24 Å². The second-order valence-electron chi connectivity index (χ2n) is 13.0. The van der Waals surface area contributed by atoms with E-state index in [9.17, 15) is 0 Å². The summed E-state index contributed by atoms with van der Waals surface area (Å²) in [7, 11) is 0. The molecule has 0 heterocycles. The Balaban J connectivity index is 2.25. The van der Waals surface area contributed by atoms with Crippen LogP contribution in [-0.4, -0.2) is 16.0 Å². The van der Waals surface area contributed by atoms with E-state index in [4.69, 9.17) is 0 Å². The molecule has 38 heavy (non-hydrogen) atoms. The summed E-state index contributed by atoms with van der Waals surface area (Å²) in [6.07, 6.45) is 21.7. The van der Waals surface area contributed by atoms with Crippen LogP contribution in [0.3, 0.4) is 0 Å². The van der Waals surface area contributed by atoms with E-state index in [1.165, 1.54) is 114 Å². The Bertz CT molecular complexity index is 753. The van der Waals surface area contributed by atoms with Crippen LogP contribution in [0.5, 0.6) is 0 Å². The van der Waals surface area contributed by atoms with E-state index in [2.05, 4.69) is 107 Å². The third-order valence-electron chi connectivity index (χ3n) is 8.58. The Hall–Kier alpha value is -1.60.